The molecule has 0 bridgehead atoms. The van der Waals surface area contributed by atoms with Crippen LogP contribution < -0.4 is 20.7 Å². The summed E-state index contributed by atoms with van der Waals surface area (Å²) >= 11 is 8.27. The van der Waals surface area contributed by atoms with Crippen LogP contribution in [0.4, 0.5) is 16.4 Å². The molecule has 0 spiro atoms. The highest BCUT2D eigenvalue weighted by Crippen LogP contribution is 2.40. The zero-order chi connectivity index (χ0) is 32.5. The molecular formula is C36H33N3O4S3. The first kappa shape index (κ1) is 32.7. The van der Waals surface area contributed by atoms with E-state index in [1.807, 2.05) is 115 Å². The molecule has 5 rings (SSSR count). The summed E-state index contributed by atoms with van der Waals surface area (Å²) in [5.41, 5.74) is 5.39. The van der Waals surface area contributed by atoms with Gasteiger partial charge in [0.1, 0.15) is 21.6 Å². The minimum Gasteiger partial charge on any atom is -0.495 e. The number of amides is 1. The maximum Gasteiger partial charge on any atom is 0.341 e. The predicted molar refractivity (Wildman–Crippen MR) is 193 cm³/mol. The number of para-hydroxylation sites is 2. The number of esters is 1. The van der Waals surface area contributed by atoms with E-state index in [-0.39, 0.29) is 12.5 Å². The van der Waals surface area contributed by atoms with Gasteiger partial charge in [-0.1, -0.05) is 78.4 Å². The summed E-state index contributed by atoms with van der Waals surface area (Å²) < 4.78 is 10.8. The number of aryl methyl sites for hydroxylation is 1. The molecular weight excluding hydrogens is 635 g/mol. The average Bonchev–Trinajstić information content (AvgIpc) is 3.48. The van der Waals surface area contributed by atoms with E-state index in [0.29, 0.717) is 21.4 Å². The molecule has 7 nitrogen and oxygen atoms in total. The molecule has 1 atom stereocenters. The number of ether oxygens (including phenoxy) is 2. The summed E-state index contributed by atoms with van der Waals surface area (Å²) in [4.78, 5) is 28.1. The molecule has 4 aromatic carbocycles. The monoisotopic (exact) mass is 667 g/mol. The molecule has 3 N–H and O–H groups in total. The molecule has 0 radical (unpaired) electrons. The van der Waals surface area contributed by atoms with Crippen LogP contribution in [0.2, 0.25) is 0 Å². The number of benzene rings is 4. The van der Waals surface area contributed by atoms with E-state index in [1.54, 1.807) is 14.0 Å². The fraction of sp³-hybridized carbons (Fsp3) is 0.139. The Kier molecular flexibility index (Phi) is 11.1. The van der Waals surface area contributed by atoms with Crippen LogP contribution in [0, 0.1) is 6.92 Å². The van der Waals surface area contributed by atoms with Crippen molar-refractivity contribution in [1.82, 2.24) is 0 Å². The van der Waals surface area contributed by atoms with E-state index >= 15 is 0 Å². The number of methoxy groups -OCH3 is 1. The van der Waals surface area contributed by atoms with Crippen LogP contribution in [0.5, 0.6) is 5.75 Å². The van der Waals surface area contributed by atoms with Crippen molar-refractivity contribution in [3.63, 3.8) is 0 Å². The highest BCUT2D eigenvalue weighted by atomic mass is 32.2. The molecule has 0 saturated heterocycles. The molecule has 1 heterocycles. The first-order chi connectivity index (χ1) is 22.4. The highest BCUT2D eigenvalue weighted by molar-refractivity contribution is 8.00. The van der Waals surface area contributed by atoms with E-state index in [9.17, 15) is 9.59 Å². The van der Waals surface area contributed by atoms with Crippen molar-refractivity contribution in [2.45, 2.75) is 24.0 Å². The lowest BCUT2D eigenvalue weighted by atomic mass is 10.0. The van der Waals surface area contributed by atoms with Crippen LogP contribution in [0.1, 0.15) is 33.7 Å². The third-order valence-corrected chi connectivity index (χ3v) is 9.26. The largest absolute Gasteiger partial charge is 0.495 e. The lowest BCUT2D eigenvalue weighted by Crippen LogP contribution is -2.20. The summed E-state index contributed by atoms with van der Waals surface area (Å²) in [5.74, 6) is -0.0590. The number of hydrogen-bond acceptors (Lipinski definition) is 7. The Hall–Kier alpha value is -4.64. The Morgan fingerprint density at radius 2 is 1.63 bits per heavy atom. The second-order valence-electron chi connectivity index (χ2n) is 10.1. The maximum atomic E-state index is 14.0. The van der Waals surface area contributed by atoms with Crippen LogP contribution in [-0.4, -0.2) is 30.7 Å². The topological polar surface area (TPSA) is 88.7 Å². The van der Waals surface area contributed by atoms with Crippen molar-refractivity contribution in [2.24, 2.45) is 0 Å². The van der Waals surface area contributed by atoms with Crippen molar-refractivity contribution < 1.29 is 19.1 Å². The van der Waals surface area contributed by atoms with Crippen LogP contribution in [0.25, 0.3) is 11.1 Å². The van der Waals surface area contributed by atoms with Gasteiger partial charge in [-0.2, -0.15) is 0 Å². The highest BCUT2D eigenvalue weighted by Gasteiger charge is 2.27. The fourth-order valence-electron chi connectivity index (χ4n) is 4.70. The molecule has 10 heteroatoms. The van der Waals surface area contributed by atoms with Gasteiger partial charge in [0.05, 0.1) is 19.4 Å². The second-order valence-corrected chi connectivity index (χ2v) is 12.6. The first-order valence-electron chi connectivity index (χ1n) is 14.6. The minimum absolute atomic E-state index is 0.222. The van der Waals surface area contributed by atoms with Crippen molar-refractivity contribution >= 4 is 68.7 Å². The Bertz CT molecular complexity index is 1820. The summed E-state index contributed by atoms with van der Waals surface area (Å²) in [6.07, 6.45) is 0. The van der Waals surface area contributed by atoms with Gasteiger partial charge in [-0.05, 0) is 67.5 Å². The van der Waals surface area contributed by atoms with Gasteiger partial charge in [0, 0.05) is 21.5 Å². The van der Waals surface area contributed by atoms with Crippen LogP contribution >= 0.6 is 35.3 Å². The van der Waals surface area contributed by atoms with E-state index in [0.717, 1.165) is 38.5 Å². The maximum absolute atomic E-state index is 14.0. The Labute approximate surface area is 282 Å². The van der Waals surface area contributed by atoms with Gasteiger partial charge >= 0.3 is 5.97 Å². The smallest absolute Gasteiger partial charge is 0.341 e. The van der Waals surface area contributed by atoms with Gasteiger partial charge in [-0.25, -0.2) is 4.79 Å². The second kappa shape index (κ2) is 15.6. The van der Waals surface area contributed by atoms with Crippen molar-refractivity contribution in [3.8, 4) is 16.9 Å². The SMILES string of the molecule is CCOC(=O)c1c(-c2ccc(C)cc2)csc1NC(=O)C(Sc1cccc(NC(=S)Nc2ccccc2OC)c1)c1ccccc1. The van der Waals surface area contributed by atoms with Crippen LogP contribution in [0.3, 0.4) is 0 Å². The number of hydrogen-bond donors (Lipinski definition) is 3. The van der Waals surface area contributed by atoms with Crippen molar-refractivity contribution in [3.05, 3.63) is 125 Å². The Morgan fingerprint density at radius 3 is 2.37 bits per heavy atom. The van der Waals surface area contributed by atoms with Gasteiger partial charge in [-0.3, -0.25) is 4.79 Å². The number of nitrogens with one attached hydrogen (secondary N) is 3. The fourth-order valence-corrected chi connectivity index (χ4v) is 6.97. The summed E-state index contributed by atoms with van der Waals surface area (Å²) in [6.45, 7) is 4.00. The molecule has 0 aliphatic rings. The Balaban J connectivity index is 1.38. The lowest BCUT2D eigenvalue weighted by Gasteiger charge is -2.18. The average molecular weight is 668 g/mol. The summed E-state index contributed by atoms with van der Waals surface area (Å²) in [6, 6.07) is 32.7. The molecule has 234 valence electrons. The number of thioether (sulfide) groups is 1. The molecule has 5 aromatic rings. The number of carbonyl (C=O) groups excluding carboxylic acids is 2. The normalized spacial score (nSPS) is 11.3. The summed E-state index contributed by atoms with van der Waals surface area (Å²) in [5, 5.41) is 11.6. The number of rotatable bonds is 11. The Morgan fingerprint density at radius 1 is 0.891 bits per heavy atom. The molecule has 0 aliphatic carbocycles. The molecule has 1 aromatic heterocycles. The van der Waals surface area contributed by atoms with E-state index < -0.39 is 11.2 Å². The molecule has 1 amide bonds. The van der Waals surface area contributed by atoms with Crippen molar-refractivity contribution in [2.75, 3.05) is 29.7 Å². The van der Waals surface area contributed by atoms with E-state index in [2.05, 4.69) is 16.0 Å². The van der Waals surface area contributed by atoms with Crippen LogP contribution in [-0.2, 0) is 9.53 Å². The van der Waals surface area contributed by atoms with Crippen LogP contribution in [0.15, 0.2) is 113 Å². The third-order valence-electron chi connectivity index (χ3n) is 6.91. The van der Waals surface area contributed by atoms with Gasteiger partial charge in [-0.15, -0.1) is 23.1 Å². The number of carbonyl (C=O) groups is 2. The third kappa shape index (κ3) is 8.14. The molecule has 0 fully saturated rings. The number of anilines is 3. The standard InChI is InChI=1S/C36H33N3O4S3/c1-4-43-35(41)31-28(24-19-17-23(2)18-20-24)22-45-34(31)39-33(40)32(25-11-6-5-7-12-25)46-27-14-10-13-26(21-27)37-36(44)38-29-15-8-9-16-30(29)42-3/h5-22,32H,4H2,1-3H3,(H,39,40)(H2,37,38,44). The summed E-state index contributed by atoms with van der Waals surface area (Å²) in [7, 11) is 1.61. The molecule has 0 aliphatic heterocycles. The molecule has 0 saturated carbocycles. The van der Waals surface area contributed by atoms with E-state index in [4.69, 9.17) is 21.7 Å². The van der Waals surface area contributed by atoms with Gasteiger partial charge in [0.25, 0.3) is 0 Å². The van der Waals surface area contributed by atoms with Gasteiger partial charge < -0.3 is 25.4 Å². The van der Waals surface area contributed by atoms with Gasteiger partial charge in [0.15, 0.2) is 5.11 Å². The zero-order valence-corrected chi connectivity index (χ0v) is 28.0. The molecule has 46 heavy (non-hydrogen) atoms. The first-order valence-corrected chi connectivity index (χ1v) is 16.7. The molecule has 1 unspecified atom stereocenters. The number of thiocarbonyl (C=S) groups is 1. The predicted octanol–water partition coefficient (Wildman–Crippen LogP) is 9.19. The quantitative estimate of drug-likeness (QED) is 0.0730. The minimum atomic E-state index is -0.616. The zero-order valence-electron chi connectivity index (χ0n) is 25.5. The van der Waals surface area contributed by atoms with E-state index in [1.165, 1.54) is 23.1 Å². The lowest BCUT2D eigenvalue weighted by molar-refractivity contribution is -0.115. The van der Waals surface area contributed by atoms with Gasteiger partial charge in [0.2, 0.25) is 5.91 Å². The van der Waals surface area contributed by atoms with Crippen molar-refractivity contribution in [1.29, 1.82) is 0 Å². The number of thiophene rings is 1.